The van der Waals surface area contributed by atoms with Crippen LogP contribution < -0.4 is 15.6 Å². The Morgan fingerprint density at radius 3 is 2.34 bits per heavy atom. The number of anilines is 4. The summed E-state index contributed by atoms with van der Waals surface area (Å²) in [4.78, 5) is 25.7. The molecule has 2 heterocycles. The van der Waals surface area contributed by atoms with Crippen molar-refractivity contribution in [3.05, 3.63) is 70.0 Å². The van der Waals surface area contributed by atoms with Crippen molar-refractivity contribution in [2.24, 2.45) is 5.10 Å². The third kappa shape index (κ3) is 5.50. The van der Waals surface area contributed by atoms with Crippen LogP contribution in [0.1, 0.15) is 24.8 Å². The summed E-state index contributed by atoms with van der Waals surface area (Å²) < 4.78 is 13.2. The van der Waals surface area contributed by atoms with E-state index in [1.807, 2.05) is 0 Å². The van der Waals surface area contributed by atoms with Crippen LogP contribution in [0.2, 0.25) is 0 Å². The van der Waals surface area contributed by atoms with Gasteiger partial charge in [0.15, 0.2) is 0 Å². The molecule has 3 aromatic rings. The number of hydrogen-bond donors (Lipinski definition) is 2. The molecule has 1 aliphatic heterocycles. The van der Waals surface area contributed by atoms with E-state index >= 15 is 0 Å². The molecule has 0 saturated carbocycles. The molecule has 0 spiro atoms. The molecule has 4 rings (SSSR count). The van der Waals surface area contributed by atoms with Crippen molar-refractivity contribution in [3.8, 4) is 0 Å². The molecule has 0 bridgehead atoms. The first-order valence-electron chi connectivity index (χ1n) is 10.1. The number of halogens is 1. The molecule has 0 radical (unpaired) electrons. The van der Waals surface area contributed by atoms with Crippen LogP contribution in [-0.2, 0) is 0 Å². The first-order chi connectivity index (χ1) is 15.6. The topological polar surface area (TPSA) is 121 Å². The molecule has 0 aliphatic carbocycles. The zero-order valence-corrected chi connectivity index (χ0v) is 17.1. The van der Waals surface area contributed by atoms with Gasteiger partial charge in [-0.2, -0.15) is 20.1 Å². The lowest BCUT2D eigenvalue weighted by molar-refractivity contribution is -0.384. The van der Waals surface area contributed by atoms with Crippen LogP contribution in [0.25, 0.3) is 0 Å². The molecule has 11 heteroatoms. The van der Waals surface area contributed by atoms with Gasteiger partial charge >= 0.3 is 0 Å². The van der Waals surface area contributed by atoms with Crippen molar-refractivity contribution in [2.75, 3.05) is 28.7 Å². The highest BCUT2D eigenvalue weighted by atomic mass is 19.1. The number of nitrogens with zero attached hydrogens (tertiary/aromatic N) is 6. The van der Waals surface area contributed by atoms with Crippen LogP contribution in [-0.4, -0.2) is 39.2 Å². The summed E-state index contributed by atoms with van der Waals surface area (Å²) in [5, 5.41) is 18.0. The fraction of sp³-hybridized carbons (Fsp3) is 0.238. The largest absolute Gasteiger partial charge is 0.341 e. The van der Waals surface area contributed by atoms with Crippen molar-refractivity contribution in [2.45, 2.75) is 19.3 Å². The Hall–Kier alpha value is -4.15. The summed E-state index contributed by atoms with van der Waals surface area (Å²) in [5.41, 5.74) is 4.12. The van der Waals surface area contributed by atoms with Gasteiger partial charge in [0, 0.05) is 30.9 Å². The molecular weight excluding hydrogens is 415 g/mol. The summed E-state index contributed by atoms with van der Waals surface area (Å²) in [5.74, 6) is 0.740. The molecule has 1 aromatic heterocycles. The third-order valence-electron chi connectivity index (χ3n) is 4.84. The second-order valence-corrected chi connectivity index (χ2v) is 7.18. The van der Waals surface area contributed by atoms with Crippen molar-refractivity contribution >= 4 is 35.4 Å². The molecule has 0 amide bonds. The maximum atomic E-state index is 13.2. The lowest BCUT2D eigenvalue weighted by atomic mass is 10.1. The van der Waals surface area contributed by atoms with E-state index in [4.69, 9.17) is 0 Å². The van der Waals surface area contributed by atoms with Crippen LogP contribution in [0.4, 0.5) is 33.6 Å². The number of piperidine rings is 1. The lowest BCUT2D eigenvalue weighted by Crippen LogP contribution is -2.31. The van der Waals surface area contributed by atoms with Crippen molar-refractivity contribution in [3.63, 3.8) is 0 Å². The van der Waals surface area contributed by atoms with Crippen LogP contribution in [0.5, 0.6) is 0 Å². The molecule has 10 nitrogen and oxygen atoms in total. The number of nitro benzene ring substituents is 1. The van der Waals surface area contributed by atoms with E-state index in [0.29, 0.717) is 23.1 Å². The number of nitrogens with one attached hydrogen (secondary N) is 2. The standard InChI is InChI=1S/C21H21FN8O2/c22-16-6-8-17(9-7-16)24-19-25-20(27-21(26-19)29-12-2-1-3-13-29)28-23-14-15-4-10-18(11-5-15)30(31)32/h4-11,14H,1-3,12-13H2,(H2,24,25,26,27,28)/b23-14-. The maximum absolute atomic E-state index is 13.2. The normalized spacial score (nSPS) is 13.8. The Bertz CT molecular complexity index is 1100. The first kappa shape index (κ1) is 21.1. The van der Waals surface area contributed by atoms with Crippen molar-refractivity contribution in [1.29, 1.82) is 0 Å². The second kappa shape index (κ2) is 9.77. The molecule has 164 valence electrons. The maximum Gasteiger partial charge on any atom is 0.269 e. The van der Waals surface area contributed by atoms with Crippen LogP contribution in [0.3, 0.4) is 0 Å². The summed E-state index contributed by atoms with van der Waals surface area (Å²) in [7, 11) is 0. The minimum atomic E-state index is -0.457. The quantitative estimate of drug-likeness (QED) is 0.323. The Balaban J connectivity index is 1.53. The van der Waals surface area contributed by atoms with Gasteiger partial charge in [-0.25, -0.2) is 9.82 Å². The highest BCUT2D eigenvalue weighted by Gasteiger charge is 2.16. The summed E-state index contributed by atoms with van der Waals surface area (Å²) in [6.45, 7) is 1.71. The van der Waals surface area contributed by atoms with E-state index in [9.17, 15) is 14.5 Å². The van der Waals surface area contributed by atoms with E-state index in [1.165, 1.54) is 36.9 Å². The molecule has 2 aromatic carbocycles. The fourth-order valence-corrected chi connectivity index (χ4v) is 3.21. The Morgan fingerprint density at radius 2 is 1.66 bits per heavy atom. The van der Waals surface area contributed by atoms with Gasteiger partial charge < -0.3 is 10.2 Å². The zero-order chi connectivity index (χ0) is 22.3. The minimum absolute atomic E-state index is 0.00950. The van der Waals surface area contributed by atoms with Gasteiger partial charge in [0.05, 0.1) is 11.1 Å². The minimum Gasteiger partial charge on any atom is -0.341 e. The number of hydrazone groups is 1. The number of non-ortho nitro benzene ring substituents is 1. The average Bonchev–Trinajstić information content (AvgIpc) is 2.81. The van der Waals surface area contributed by atoms with Gasteiger partial charge in [0.25, 0.3) is 5.69 Å². The molecule has 1 saturated heterocycles. The predicted octanol–water partition coefficient (Wildman–Crippen LogP) is 4.10. The average molecular weight is 436 g/mol. The molecule has 1 fully saturated rings. The molecule has 2 N–H and O–H groups in total. The molecular formula is C21H21FN8O2. The third-order valence-corrected chi connectivity index (χ3v) is 4.84. The van der Waals surface area contributed by atoms with Crippen LogP contribution in [0.15, 0.2) is 53.6 Å². The number of rotatable bonds is 7. The molecule has 32 heavy (non-hydrogen) atoms. The van der Waals surface area contributed by atoms with Gasteiger partial charge in [-0.15, -0.1) is 0 Å². The van der Waals surface area contributed by atoms with E-state index in [2.05, 4.69) is 35.7 Å². The summed E-state index contributed by atoms with van der Waals surface area (Å²) >= 11 is 0. The number of aromatic nitrogens is 3. The smallest absolute Gasteiger partial charge is 0.269 e. The van der Waals surface area contributed by atoms with Gasteiger partial charge in [0.2, 0.25) is 17.8 Å². The lowest BCUT2D eigenvalue weighted by Gasteiger charge is -2.26. The monoisotopic (exact) mass is 436 g/mol. The van der Waals surface area contributed by atoms with Gasteiger partial charge in [-0.05, 0) is 61.2 Å². The second-order valence-electron chi connectivity index (χ2n) is 7.18. The van der Waals surface area contributed by atoms with Gasteiger partial charge in [0.1, 0.15) is 5.82 Å². The molecule has 0 unspecified atom stereocenters. The number of nitro groups is 1. The van der Waals surface area contributed by atoms with E-state index in [-0.39, 0.29) is 17.5 Å². The fourth-order valence-electron chi connectivity index (χ4n) is 3.21. The van der Waals surface area contributed by atoms with E-state index in [1.54, 1.807) is 24.3 Å². The molecule has 1 aliphatic rings. The Labute approximate surface area is 183 Å². The predicted molar refractivity (Wildman–Crippen MR) is 120 cm³/mol. The highest BCUT2D eigenvalue weighted by Crippen LogP contribution is 2.21. The SMILES string of the molecule is O=[N+]([O-])c1ccc(/C=N\Nc2nc(Nc3ccc(F)cc3)nc(N3CCCCC3)n2)cc1. The number of hydrogen-bond acceptors (Lipinski definition) is 9. The Morgan fingerprint density at radius 1 is 0.969 bits per heavy atom. The van der Waals surface area contributed by atoms with Crippen molar-refractivity contribution < 1.29 is 9.31 Å². The van der Waals surface area contributed by atoms with Gasteiger partial charge in [-0.3, -0.25) is 10.1 Å². The van der Waals surface area contributed by atoms with Gasteiger partial charge in [-0.1, -0.05) is 0 Å². The van der Waals surface area contributed by atoms with Crippen LogP contribution in [0, 0.1) is 15.9 Å². The highest BCUT2D eigenvalue weighted by molar-refractivity contribution is 5.80. The van der Waals surface area contributed by atoms with E-state index in [0.717, 1.165) is 25.9 Å². The Kier molecular flexibility index (Phi) is 6.44. The first-order valence-corrected chi connectivity index (χ1v) is 10.1. The zero-order valence-electron chi connectivity index (χ0n) is 17.1. The van der Waals surface area contributed by atoms with E-state index < -0.39 is 4.92 Å². The number of benzene rings is 2. The van der Waals surface area contributed by atoms with Crippen molar-refractivity contribution in [1.82, 2.24) is 15.0 Å². The summed E-state index contributed by atoms with van der Waals surface area (Å²) in [6.07, 6.45) is 4.81. The molecule has 0 atom stereocenters. The van der Waals surface area contributed by atoms with Crippen LogP contribution >= 0.6 is 0 Å². The summed E-state index contributed by atoms with van der Waals surface area (Å²) in [6, 6.07) is 11.9.